The molecule has 4 aromatic heterocycles. The van der Waals surface area contributed by atoms with Gasteiger partial charge in [0.25, 0.3) is 0 Å². The summed E-state index contributed by atoms with van der Waals surface area (Å²) in [6.45, 7) is 0. The molecule has 0 spiro atoms. The van der Waals surface area contributed by atoms with Crippen LogP contribution in [0.3, 0.4) is 0 Å². The third-order valence-corrected chi connectivity index (χ3v) is 11.1. The number of benzene rings is 7. The first-order valence-electron chi connectivity index (χ1n) is 17.7. The van der Waals surface area contributed by atoms with E-state index in [1.807, 2.05) is 6.20 Å². The van der Waals surface area contributed by atoms with Crippen LogP contribution in [0, 0.1) is 0 Å². The van der Waals surface area contributed by atoms with Crippen LogP contribution in [0.4, 0.5) is 0 Å². The van der Waals surface area contributed by atoms with Crippen molar-refractivity contribution in [3.8, 4) is 44.9 Å². The maximum atomic E-state index is 5.26. The number of hydrogen-bond donors (Lipinski definition) is 0. The molecule has 0 fully saturated rings. The molecule has 12 rings (SSSR count). The molecule has 7 aromatic carbocycles. The first-order chi connectivity index (χ1) is 25.8. The fraction of sp³-hybridized carbons (Fsp3) is 0. The van der Waals surface area contributed by atoms with Crippen LogP contribution < -0.4 is 0 Å². The molecule has 4 nitrogen and oxygen atoms in total. The number of pyridine rings is 2. The van der Waals surface area contributed by atoms with E-state index in [2.05, 4.69) is 173 Å². The number of para-hydroxylation sites is 2. The van der Waals surface area contributed by atoms with E-state index in [0.717, 1.165) is 27.9 Å². The van der Waals surface area contributed by atoms with Gasteiger partial charge < -0.3 is 4.57 Å². The highest BCUT2D eigenvalue weighted by atomic mass is 15.1. The van der Waals surface area contributed by atoms with Gasteiger partial charge in [0.2, 0.25) is 0 Å². The maximum absolute atomic E-state index is 5.26. The van der Waals surface area contributed by atoms with Crippen molar-refractivity contribution in [3.63, 3.8) is 0 Å². The maximum Gasteiger partial charge on any atom is 0.162 e. The van der Waals surface area contributed by atoms with Crippen LogP contribution in [0.2, 0.25) is 0 Å². The summed E-state index contributed by atoms with van der Waals surface area (Å²) in [7, 11) is 0. The predicted molar refractivity (Wildman–Crippen MR) is 216 cm³/mol. The summed E-state index contributed by atoms with van der Waals surface area (Å²) < 4.78 is 4.71. The van der Waals surface area contributed by atoms with Crippen molar-refractivity contribution in [2.75, 3.05) is 0 Å². The molecular weight excluding hydrogens is 633 g/mol. The SMILES string of the molecule is c1ccc(-n2c3ccccc3c3cc(-c4ccc5c(c4)c4cc6ccccc6cc4n5-c4cc5c6c(ccnc6n4)-c4ccccc4-5)ccc32)cc1. The predicted octanol–water partition coefficient (Wildman–Crippen LogP) is 12.3. The molecule has 11 aromatic rings. The molecule has 52 heavy (non-hydrogen) atoms. The molecule has 4 heteroatoms. The summed E-state index contributed by atoms with van der Waals surface area (Å²) in [6.07, 6.45) is 1.89. The van der Waals surface area contributed by atoms with Crippen molar-refractivity contribution >= 4 is 65.4 Å². The Kier molecular flexibility index (Phi) is 5.47. The van der Waals surface area contributed by atoms with Crippen LogP contribution in [0.15, 0.2) is 170 Å². The lowest BCUT2D eigenvalue weighted by Crippen LogP contribution is -1.99. The van der Waals surface area contributed by atoms with Crippen molar-refractivity contribution in [2.45, 2.75) is 0 Å². The average Bonchev–Trinajstić information content (AvgIpc) is 3.83. The minimum absolute atomic E-state index is 0.775. The highest BCUT2D eigenvalue weighted by Crippen LogP contribution is 2.47. The van der Waals surface area contributed by atoms with Gasteiger partial charge >= 0.3 is 0 Å². The van der Waals surface area contributed by atoms with Crippen LogP contribution in [0.1, 0.15) is 0 Å². The van der Waals surface area contributed by atoms with Gasteiger partial charge in [0.1, 0.15) is 5.82 Å². The average molecular weight is 661 g/mol. The van der Waals surface area contributed by atoms with Gasteiger partial charge in [-0.2, -0.15) is 0 Å². The summed E-state index contributed by atoms with van der Waals surface area (Å²) in [5.74, 6) is 0.877. The van der Waals surface area contributed by atoms with Crippen LogP contribution >= 0.6 is 0 Å². The third-order valence-electron chi connectivity index (χ3n) is 11.1. The van der Waals surface area contributed by atoms with Crippen LogP contribution in [-0.4, -0.2) is 19.1 Å². The molecule has 0 atom stereocenters. The molecule has 0 radical (unpaired) electrons. The summed E-state index contributed by atoms with van der Waals surface area (Å²) in [5.41, 5.74) is 13.9. The molecule has 0 aliphatic heterocycles. The largest absolute Gasteiger partial charge is 0.309 e. The van der Waals surface area contributed by atoms with E-state index in [-0.39, 0.29) is 0 Å². The van der Waals surface area contributed by atoms with E-state index in [1.54, 1.807) is 0 Å². The molecule has 0 saturated heterocycles. The summed E-state index contributed by atoms with van der Waals surface area (Å²) in [4.78, 5) is 10.1. The smallest absolute Gasteiger partial charge is 0.162 e. The van der Waals surface area contributed by atoms with E-state index in [0.29, 0.717) is 0 Å². The zero-order valence-corrected chi connectivity index (χ0v) is 28.0. The second-order valence-corrected chi connectivity index (χ2v) is 13.8. The van der Waals surface area contributed by atoms with E-state index in [4.69, 9.17) is 9.97 Å². The van der Waals surface area contributed by atoms with E-state index in [1.165, 1.54) is 82.4 Å². The minimum atomic E-state index is 0.775. The van der Waals surface area contributed by atoms with Gasteiger partial charge in [-0.25, -0.2) is 9.97 Å². The normalized spacial score (nSPS) is 12.2. The first-order valence-corrected chi connectivity index (χ1v) is 17.7. The zero-order chi connectivity index (χ0) is 33.9. The van der Waals surface area contributed by atoms with Crippen LogP contribution in [-0.2, 0) is 0 Å². The highest BCUT2D eigenvalue weighted by molar-refractivity contribution is 6.17. The summed E-state index contributed by atoms with van der Waals surface area (Å²) in [5, 5.41) is 8.46. The van der Waals surface area contributed by atoms with Crippen LogP contribution in [0.25, 0.3) is 110 Å². The van der Waals surface area contributed by atoms with Crippen molar-refractivity contribution in [3.05, 3.63) is 170 Å². The minimum Gasteiger partial charge on any atom is -0.309 e. The van der Waals surface area contributed by atoms with Crippen molar-refractivity contribution < 1.29 is 0 Å². The fourth-order valence-corrected chi connectivity index (χ4v) is 8.79. The van der Waals surface area contributed by atoms with E-state index < -0.39 is 0 Å². The topological polar surface area (TPSA) is 35.6 Å². The van der Waals surface area contributed by atoms with Gasteiger partial charge in [0.05, 0.1) is 22.1 Å². The standard InChI is InChI=1S/C48H28N4/c1-2-12-33(13-3-1)51-42-17-9-8-16-36(42)38-25-31(18-20-43(38)51)32-19-21-44-39(26-32)40-24-29-10-4-5-11-30(29)27-45(40)52(44)46-28-41-35-15-7-6-14-34(35)37-22-23-49-48(50-46)47(37)41/h1-28H. The number of nitrogens with zero attached hydrogens (tertiary/aromatic N) is 4. The van der Waals surface area contributed by atoms with Gasteiger partial charge in [-0.15, -0.1) is 0 Å². The van der Waals surface area contributed by atoms with E-state index in [9.17, 15) is 0 Å². The lowest BCUT2D eigenvalue weighted by Gasteiger charge is -2.11. The van der Waals surface area contributed by atoms with Crippen molar-refractivity contribution in [1.82, 2.24) is 19.1 Å². The fourth-order valence-electron chi connectivity index (χ4n) is 8.79. The van der Waals surface area contributed by atoms with E-state index >= 15 is 0 Å². The quantitative estimate of drug-likeness (QED) is 0.189. The lowest BCUT2D eigenvalue weighted by atomic mass is 10.00. The zero-order valence-electron chi connectivity index (χ0n) is 28.0. The van der Waals surface area contributed by atoms with Crippen molar-refractivity contribution in [2.24, 2.45) is 0 Å². The van der Waals surface area contributed by atoms with Crippen molar-refractivity contribution in [1.29, 1.82) is 0 Å². The Morgan fingerprint density at radius 2 is 1.00 bits per heavy atom. The lowest BCUT2D eigenvalue weighted by molar-refractivity contribution is 1.09. The van der Waals surface area contributed by atoms with Gasteiger partial charge in [0.15, 0.2) is 5.65 Å². The second kappa shape index (κ2) is 10.3. The molecule has 1 aliphatic carbocycles. The number of fused-ring (bicyclic) bond motifs is 10. The monoisotopic (exact) mass is 660 g/mol. The molecule has 1 aliphatic rings. The van der Waals surface area contributed by atoms with Crippen LogP contribution in [0.5, 0.6) is 0 Å². The Hall–Kier alpha value is -7.04. The molecule has 0 saturated carbocycles. The molecule has 0 N–H and O–H groups in total. The number of hydrogen-bond acceptors (Lipinski definition) is 2. The summed E-state index contributed by atoms with van der Waals surface area (Å²) in [6, 6.07) is 59.5. The molecule has 0 amide bonds. The Morgan fingerprint density at radius 1 is 0.385 bits per heavy atom. The second-order valence-electron chi connectivity index (χ2n) is 13.8. The Balaban J connectivity index is 1.11. The molecule has 0 bridgehead atoms. The van der Waals surface area contributed by atoms with Gasteiger partial charge in [-0.05, 0) is 111 Å². The number of rotatable bonds is 3. The first kappa shape index (κ1) is 27.7. The van der Waals surface area contributed by atoms with Gasteiger partial charge in [0, 0.05) is 38.8 Å². The Bertz CT molecular complexity index is 3290. The van der Waals surface area contributed by atoms with Gasteiger partial charge in [-0.3, -0.25) is 4.57 Å². The third kappa shape index (κ3) is 3.75. The highest BCUT2D eigenvalue weighted by Gasteiger charge is 2.25. The molecule has 240 valence electrons. The van der Waals surface area contributed by atoms with Gasteiger partial charge in [-0.1, -0.05) is 97.1 Å². The Labute approximate surface area is 298 Å². The molecular formula is C48H28N4. The summed E-state index contributed by atoms with van der Waals surface area (Å²) >= 11 is 0. The number of aromatic nitrogens is 4. The molecule has 4 heterocycles. The Morgan fingerprint density at radius 3 is 1.81 bits per heavy atom. The molecule has 0 unspecified atom stereocenters.